The fourth-order valence-electron chi connectivity index (χ4n) is 5.30. The summed E-state index contributed by atoms with van der Waals surface area (Å²) >= 11 is 0. The van der Waals surface area contributed by atoms with Crippen LogP contribution < -0.4 is 0 Å². The monoisotopic (exact) mass is 522 g/mol. The first-order chi connectivity index (χ1) is 17.2. The molecule has 0 spiro atoms. The number of carboxylic acid groups (broad SMARTS) is 1. The van der Waals surface area contributed by atoms with Gasteiger partial charge in [-0.3, -0.25) is 14.6 Å². The molecular formula is C28H37F3N2O4. The van der Waals surface area contributed by atoms with Gasteiger partial charge in [0.1, 0.15) is 11.3 Å². The third-order valence-corrected chi connectivity index (χ3v) is 7.72. The van der Waals surface area contributed by atoms with E-state index in [1.165, 1.54) is 0 Å². The molecule has 3 rings (SSSR count). The summed E-state index contributed by atoms with van der Waals surface area (Å²) in [6.45, 7) is 10.0. The summed E-state index contributed by atoms with van der Waals surface area (Å²) in [4.78, 5) is 28.5. The molecule has 6 nitrogen and oxygen atoms in total. The second-order valence-corrected chi connectivity index (χ2v) is 11.3. The van der Waals surface area contributed by atoms with Gasteiger partial charge in [0.05, 0.1) is 5.69 Å². The van der Waals surface area contributed by atoms with Crippen molar-refractivity contribution in [1.82, 2.24) is 10.1 Å². The Balaban J connectivity index is 1.84. The Morgan fingerprint density at radius 1 is 1.19 bits per heavy atom. The molecule has 0 aliphatic heterocycles. The molecule has 1 fully saturated rings. The number of carbonyl (C=O) groups is 2. The lowest BCUT2D eigenvalue weighted by Gasteiger charge is -2.39. The lowest BCUT2D eigenvalue weighted by atomic mass is 9.66. The third-order valence-electron chi connectivity index (χ3n) is 7.72. The van der Waals surface area contributed by atoms with Gasteiger partial charge in [-0.05, 0) is 62.5 Å². The van der Waals surface area contributed by atoms with E-state index in [1.807, 2.05) is 6.92 Å². The molecule has 2 heterocycles. The van der Waals surface area contributed by atoms with E-state index in [4.69, 9.17) is 4.52 Å². The number of aryl methyl sites for hydroxylation is 2. The maximum absolute atomic E-state index is 14.3. The predicted molar refractivity (Wildman–Crippen MR) is 132 cm³/mol. The minimum absolute atomic E-state index is 0.00621. The van der Waals surface area contributed by atoms with Crippen molar-refractivity contribution in [1.29, 1.82) is 0 Å². The first-order valence-electron chi connectivity index (χ1n) is 12.9. The largest absolute Gasteiger partial charge is 0.481 e. The van der Waals surface area contributed by atoms with E-state index < -0.39 is 23.6 Å². The summed E-state index contributed by atoms with van der Waals surface area (Å²) in [5.74, 6) is -2.69. The maximum atomic E-state index is 14.3. The van der Waals surface area contributed by atoms with Gasteiger partial charge in [0.25, 0.3) is 0 Å². The molecule has 1 aliphatic carbocycles. The molecule has 0 bridgehead atoms. The Morgan fingerprint density at radius 3 is 2.43 bits per heavy atom. The first kappa shape index (κ1) is 28.9. The zero-order valence-corrected chi connectivity index (χ0v) is 22.2. The van der Waals surface area contributed by atoms with Crippen molar-refractivity contribution in [2.45, 2.75) is 104 Å². The number of hydrogen-bond donors (Lipinski definition) is 1. The normalized spacial score (nSPS) is 18.9. The summed E-state index contributed by atoms with van der Waals surface area (Å²) < 4.78 is 48.2. The van der Waals surface area contributed by atoms with Gasteiger partial charge < -0.3 is 9.63 Å². The third kappa shape index (κ3) is 7.42. The van der Waals surface area contributed by atoms with E-state index in [2.05, 4.69) is 30.9 Å². The zero-order valence-electron chi connectivity index (χ0n) is 22.2. The van der Waals surface area contributed by atoms with Crippen molar-refractivity contribution in [2.24, 2.45) is 11.3 Å². The first-order valence-corrected chi connectivity index (χ1v) is 12.9. The highest BCUT2D eigenvalue weighted by Crippen LogP contribution is 2.51. The fourth-order valence-corrected chi connectivity index (χ4v) is 5.30. The predicted octanol–water partition coefficient (Wildman–Crippen LogP) is 7.18. The zero-order chi connectivity index (χ0) is 27.5. The van der Waals surface area contributed by atoms with Crippen LogP contribution in [-0.2, 0) is 22.2 Å². The summed E-state index contributed by atoms with van der Waals surface area (Å²) in [7, 11) is 0. The molecule has 2 aromatic rings. The quantitative estimate of drug-likeness (QED) is 0.317. The van der Waals surface area contributed by atoms with Crippen LogP contribution in [0.2, 0.25) is 0 Å². The smallest absolute Gasteiger partial charge is 0.421 e. The van der Waals surface area contributed by atoms with E-state index in [1.54, 1.807) is 19.1 Å². The van der Waals surface area contributed by atoms with Crippen LogP contribution in [0.15, 0.2) is 16.7 Å². The number of alkyl halides is 3. The van der Waals surface area contributed by atoms with Crippen LogP contribution >= 0.6 is 0 Å². The molecule has 1 N–H and O–H groups in total. The van der Waals surface area contributed by atoms with Crippen LogP contribution in [0, 0.1) is 25.2 Å². The standard InChI is InChI=1S/C28H37F3N2O4/c1-6-27(4,5)15-18-11-21(12-18)26-24(28(29,30)31)25(33-37-26)20(9-10-23(35)36)14-22(34)13-19-8-7-16(2)32-17(19)3/h7-8,18,20-21H,6,9-15H2,1-5H3,(H,35,36)/t18?,20-,21?/m0/s1. The highest BCUT2D eigenvalue weighted by atomic mass is 19.4. The number of halogens is 3. The molecule has 0 aromatic carbocycles. The molecule has 0 radical (unpaired) electrons. The van der Waals surface area contributed by atoms with Crippen LogP contribution in [-0.4, -0.2) is 27.0 Å². The Morgan fingerprint density at radius 2 is 1.86 bits per heavy atom. The van der Waals surface area contributed by atoms with Gasteiger partial charge in [-0.2, -0.15) is 13.2 Å². The summed E-state index contributed by atoms with van der Waals surface area (Å²) in [5, 5.41) is 13.0. The van der Waals surface area contributed by atoms with E-state index >= 15 is 0 Å². The molecule has 9 heteroatoms. The van der Waals surface area contributed by atoms with Crippen molar-refractivity contribution in [3.63, 3.8) is 0 Å². The number of carboxylic acids is 1. The molecule has 37 heavy (non-hydrogen) atoms. The number of rotatable bonds is 12. The molecule has 0 amide bonds. The van der Waals surface area contributed by atoms with Gasteiger partial charge in [-0.25, -0.2) is 0 Å². The number of ketones is 1. The average Bonchev–Trinajstić information content (AvgIpc) is 3.20. The molecule has 2 aromatic heterocycles. The number of nitrogens with zero attached hydrogens (tertiary/aromatic N) is 2. The van der Waals surface area contributed by atoms with E-state index in [0.29, 0.717) is 30.0 Å². The molecule has 1 saturated carbocycles. The van der Waals surface area contributed by atoms with Crippen LogP contribution in [0.5, 0.6) is 0 Å². The number of aliphatic carboxylic acids is 1. The van der Waals surface area contributed by atoms with Crippen molar-refractivity contribution >= 4 is 11.8 Å². The number of hydrogen-bond acceptors (Lipinski definition) is 5. The Bertz CT molecular complexity index is 1120. The molecule has 1 atom stereocenters. The van der Waals surface area contributed by atoms with E-state index in [-0.39, 0.29) is 54.3 Å². The van der Waals surface area contributed by atoms with Crippen LogP contribution in [0.25, 0.3) is 0 Å². The molecule has 204 valence electrons. The molecule has 1 aliphatic rings. The van der Waals surface area contributed by atoms with Gasteiger partial charge in [0, 0.05) is 42.5 Å². The number of Topliss-reactive ketones (excluding diaryl/α,β-unsaturated/α-hetero) is 1. The fraction of sp³-hybridized carbons (Fsp3) is 0.643. The Hall–Kier alpha value is -2.71. The summed E-state index contributed by atoms with van der Waals surface area (Å²) in [6.07, 6.45) is -2.36. The highest BCUT2D eigenvalue weighted by Gasteiger charge is 2.47. The average molecular weight is 523 g/mol. The Labute approximate surface area is 216 Å². The van der Waals surface area contributed by atoms with E-state index in [0.717, 1.165) is 18.5 Å². The van der Waals surface area contributed by atoms with Crippen LogP contribution in [0.1, 0.15) is 112 Å². The lowest BCUT2D eigenvalue weighted by molar-refractivity contribution is -0.140. The van der Waals surface area contributed by atoms with Crippen LogP contribution in [0.3, 0.4) is 0 Å². The summed E-state index contributed by atoms with van der Waals surface area (Å²) in [6, 6.07) is 3.56. The number of aromatic nitrogens is 2. The minimum atomic E-state index is -4.72. The van der Waals surface area contributed by atoms with Gasteiger partial charge in [0.2, 0.25) is 0 Å². The highest BCUT2D eigenvalue weighted by molar-refractivity contribution is 5.82. The van der Waals surface area contributed by atoms with Gasteiger partial charge in [-0.1, -0.05) is 38.4 Å². The number of carbonyl (C=O) groups excluding carboxylic acids is 1. The van der Waals surface area contributed by atoms with E-state index in [9.17, 15) is 27.9 Å². The van der Waals surface area contributed by atoms with Crippen molar-refractivity contribution < 1.29 is 32.4 Å². The van der Waals surface area contributed by atoms with Gasteiger partial charge in [0.15, 0.2) is 5.76 Å². The second-order valence-electron chi connectivity index (χ2n) is 11.3. The van der Waals surface area contributed by atoms with Gasteiger partial charge >= 0.3 is 12.1 Å². The maximum Gasteiger partial charge on any atom is 0.421 e. The summed E-state index contributed by atoms with van der Waals surface area (Å²) in [5.41, 5.74) is 1.02. The SMILES string of the molecule is CCC(C)(C)CC1CC(c2onc([C@@H](CCC(=O)O)CC(=O)Cc3ccc(C)nc3C)c2C(F)(F)F)C1. The topological polar surface area (TPSA) is 93.3 Å². The molecular weight excluding hydrogens is 485 g/mol. The lowest BCUT2D eigenvalue weighted by Crippen LogP contribution is -2.28. The second kappa shape index (κ2) is 11.4. The van der Waals surface area contributed by atoms with Crippen molar-refractivity contribution in [3.05, 3.63) is 46.1 Å². The molecule has 0 saturated heterocycles. The van der Waals surface area contributed by atoms with Gasteiger partial charge in [-0.15, -0.1) is 0 Å². The van der Waals surface area contributed by atoms with Crippen molar-refractivity contribution in [3.8, 4) is 0 Å². The minimum Gasteiger partial charge on any atom is -0.481 e. The van der Waals surface area contributed by atoms with Crippen molar-refractivity contribution in [2.75, 3.05) is 0 Å². The molecule has 0 unspecified atom stereocenters. The number of pyridine rings is 1. The Kier molecular flexibility index (Phi) is 8.85. The van der Waals surface area contributed by atoms with Crippen LogP contribution in [0.4, 0.5) is 13.2 Å².